The Labute approximate surface area is 113 Å². The van der Waals surface area contributed by atoms with E-state index in [9.17, 15) is 14.9 Å². The zero-order valence-electron chi connectivity index (χ0n) is 9.90. The van der Waals surface area contributed by atoms with E-state index in [1.165, 1.54) is 12.1 Å². The van der Waals surface area contributed by atoms with E-state index in [2.05, 4.69) is 26.6 Å². The molecule has 2 N–H and O–H groups in total. The van der Waals surface area contributed by atoms with Crippen LogP contribution in [0.4, 0.5) is 11.4 Å². The van der Waals surface area contributed by atoms with Crippen LogP contribution < -0.4 is 10.6 Å². The molecule has 1 amide bonds. The normalized spacial score (nSPS) is 10.1. The third-order valence-corrected chi connectivity index (χ3v) is 2.88. The van der Waals surface area contributed by atoms with Crippen molar-refractivity contribution in [3.63, 3.8) is 0 Å². The number of nitrogens with zero attached hydrogens (tertiary/aromatic N) is 1. The zero-order chi connectivity index (χ0) is 13.5. The number of hydrogen-bond acceptors (Lipinski definition) is 4. The maximum Gasteiger partial charge on any atom is 0.285 e. The highest BCUT2D eigenvalue weighted by molar-refractivity contribution is 9.10. The third kappa shape index (κ3) is 4.42. The first-order chi connectivity index (χ1) is 8.54. The van der Waals surface area contributed by atoms with Crippen LogP contribution >= 0.6 is 15.9 Å². The Balaban J connectivity index is 2.65. The van der Waals surface area contributed by atoms with Crippen LogP contribution in [0.1, 0.15) is 13.3 Å². The molecule has 0 aliphatic carbocycles. The average molecular weight is 316 g/mol. The number of halogens is 1. The molecule has 1 rings (SSSR count). The van der Waals surface area contributed by atoms with Crippen molar-refractivity contribution >= 4 is 33.2 Å². The van der Waals surface area contributed by atoms with Gasteiger partial charge >= 0.3 is 0 Å². The van der Waals surface area contributed by atoms with E-state index in [0.29, 0.717) is 23.1 Å². The minimum Gasteiger partial charge on any atom is -0.326 e. The highest BCUT2D eigenvalue weighted by Gasteiger charge is 2.13. The molecule has 0 aliphatic rings. The van der Waals surface area contributed by atoms with E-state index in [4.69, 9.17) is 0 Å². The van der Waals surface area contributed by atoms with Gasteiger partial charge < -0.3 is 10.6 Å². The predicted octanol–water partition coefficient (Wildman–Crippen LogP) is 2.30. The molecule has 0 bridgehead atoms. The molecular weight excluding hydrogens is 302 g/mol. The van der Waals surface area contributed by atoms with Crippen LogP contribution in [-0.2, 0) is 4.79 Å². The highest BCUT2D eigenvalue weighted by Crippen LogP contribution is 2.27. The van der Waals surface area contributed by atoms with Crippen molar-refractivity contribution in [2.75, 3.05) is 18.4 Å². The van der Waals surface area contributed by atoms with E-state index >= 15 is 0 Å². The lowest BCUT2D eigenvalue weighted by Gasteiger charge is -2.06. The van der Waals surface area contributed by atoms with Crippen molar-refractivity contribution in [2.45, 2.75) is 13.3 Å². The Morgan fingerprint density at radius 2 is 2.22 bits per heavy atom. The number of nitro groups is 1. The van der Waals surface area contributed by atoms with Gasteiger partial charge in [0.1, 0.15) is 0 Å². The molecule has 0 atom stereocenters. The average Bonchev–Trinajstić information content (AvgIpc) is 2.31. The summed E-state index contributed by atoms with van der Waals surface area (Å²) in [5.74, 6) is -0.174. The summed E-state index contributed by atoms with van der Waals surface area (Å²) in [6.07, 6.45) is 0.331. The molecule has 0 heterocycles. The van der Waals surface area contributed by atoms with Gasteiger partial charge in [0.2, 0.25) is 5.91 Å². The molecule has 6 nitrogen and oxygen atoms in total. The fraction of sp³-hybridized carbons (Fsp3) is 0.364. The van der Waals surface area contributed by atoms with E-state index in [0.717, 1.165) is 6.54 Å². The lowest BCUT2D eigenvalue weighted by Crippen LogP contribution is -2.21. The standard InChI is InChI=1S/C11H14BrN3O3/c1-2-13-6-5-11(16)14-8-3-4-9(12)10(7-8)15(17)18/h3-4,7,13H,2,5-6H2,1H3,(H,14,16). The summed E-state index contributed by atoms with van der Waals surface area (Å²) >= 11 is 3.08. The predicted molar refractivity (Wildman–Crippen MR) is 72.6 cm³/mol. The molecule has 98 valence electrons. The van der Waals surface area contributed by atoms with E-state index < -0.39 is 4.92 Å². The van der Waals surface area contributed by atoms with Crippen LogP contribution in [0.15, 0.2) is 22.7 Å². The summed E-state index contributed by atoms with van der Waals surface area (Å²) in [7, 11) is 0. The molecule has 0 fully saturated rings. The van der Waals surface area contributed by atoms with Crippen molar-refractivity contribution in [3.05, 3.63) is 32.8 Å². The number of rotatable bonds is 6. The van der Waals surface area contributed by atoms with Gasteiger partial charge in [0.15, 0.2) is 0 Å². The van der Waals surface area contributed by atoms with Gasteiger partial charge in [-0.1, -0.05) is 6.92 Å². The number of anilines is 1. The minimum absolute atomic E-state index is 0.0699. The molecular formula is C11H14BrN3O3. The van der Waals surface area contributed by atoms with E-state index in [1.54, 1.807) is 6.07 Å². The molecule has 0 aliphatic heterocycles. The molecule has 1 aromatic carbocycles. The third-order valence-electron chi connectivity index (χ3n) is 2.21. The quantitative estimate of drug-likeness (QED) is 0.479. The Bertz CT molecular complexity index is 451. The van der Waals surface area contributed by atoms with Gasteiger partial charge in [0.25, 0.3) is 5.69 Å². The Morgan fingerprint density at radius 1 is 1.50 bits per heavy atom. The first-order valence-electron chi connectivity index (χ1n) is 5.49. The molecule has 0 radical (unpaired) electrons. The second-order valence-corrected chi connectivity index (χ2v) is 4.43. The number of carbonyl (C=O) groups excluding carboxylic acids is 1. The monoisotopic (exact) mass is 315 g/mol. The molecule has 0 saturated heterocycles. The number of benzene rings is 1. The van der Waals surface area contributed by atoms with Gasteiger partial charge in [-0.15, -0.1) is 0 Å². The van der Waals surface area contributed by atoms with Crippen molar-refractivity contribution in [1.29, 1.82) is 0 Å². The summed E-state index contributed by atoms with van der Waals surface area (Å²) in [4.78, 5) is 21.7. The lowest BCUT2D eigenvalue weighted by atomic mass is 10.2. The number of nitrogens with one attached hydrogen (secondary N) is 2. The van der Waals surface area contributed by atoms with Gasteiger partial charge in [-0.25, -0.2) is 0 Å². The highest BCUT2D eigenvalue weighted by atomic mass is 79.9. The second kappa shape index (κ2) is 7.07. The SMILES string of the molecule is CCNCCC(=O)Nc1ccc(Br)c([N+](=O)[O-])c1. The Hall–Kier alpha value is -1.47. The van der Waals surface area contributed by atoms with Crippen molar-refractivity contribution < 1.29 is 9.72 Å². The molecule has 0 spiro atoms. The van der Waals surface area contributed by atoms with Gasteiger partial charge in [0, 0.05) is 24.7 Å². The van der Waals surface area contributed by atoms with Crippen LogP contribution in [0.3, 0.4) is 0 Å². The summed E-state index contributed by atoms with van der Waals surface area (Å²) in [6.45, 7) is 3.34. The second-order valence-electron chi connectivity index (χ2n) is 3.58. The van der Waals surface area contributed by atoms with Crippen molar-refractivity contribution in [3.8, 4) is 0 Å². The van der Waals surface area contributed by atoms with Crippen LogP contribution in [0.5, 0.6) is 0 Å². The Kier molecular flexibility index (Phi) is 5.73. The smallest absolute Gasteiger partial charge is 0.285 e. The first kappa shape index (κ1) is 14.6. The lowest BCUT2D eigenvalue weighted by molar-refractivity contribution is -0.385. The number of nitro benzene ring substituents is 1. The van der Waals surface area contributed by atoms with E-state index in [1.807, 2.05) is 6.92 Å². The van der Waals surface area contributed by atoms with Gasteiger partial charge in [-0.05, 0) is 34.6 Å². The zero-order valence-corrected chi connectivity index (χ0v) is 11.5. The molecule has 0 aromatic heterocycles. The van der Waals surface area contributed by atoms with Crippen molar-refractivity contribution in [1.82, 2.24) is 5.32 Å². The first-order valence-corrected chi connectivity index (χ1v) is 6.28. The number of amides is 1. The fourth-order valence-electron chi connectivity index (χ4n) is 1.33. The maximum absolute atomic E-state index is 11.5. The minimum atomic E-state index is -0.502. The molecule has 0 unspecified atom stereocenters. The summed E-state index contributed by atoms with van der Waals surface area (Å²) < 4.78 is 0.387. The number of hydrogen-bond donors (Lipinski definition) is 2. The van der Waals surface area contributed by atoms with Gasteiger partial charge in [0.05, 0.1) is 9.40 Å². The van der Waals surface area contributed by atoms with Crippen LogP contribution in [-0.4, -0.2) is 23.9 Å². The number of carbonyl (C=O) groups is 1. The van der Waals surface area contributed by atoms with Crippen molar-refractivity contribution in [2.24, 2.45) is 0 Å². The molecule has 7 heteroatoms. The van der Waals surface area contributed by atoms with Gasteiger partial charge in [-0.2, -0.15) is 0 Å². The summed E-state index contributed by atoms with van der Waals surface area (Å²) in [6, 6.07) is 4.48. The topological polar surface area (TPSA) is 84.3 Å². The summed E-state index contributed by atoms with van der Waals surface area (Å²) in [5, 5.41) is 16.4. The summed E-state index contributed by atoms with van der Waals surface area (Å²) in [5.41, 5.74) is 0.353. The molecule has 18 heavy (non-hydrogen) atoms. The molecule has 1 aromatic rings. The van der Waals surface area contributed by atoms with Gasteiger partial charge in [-0.3, -0.25) is 14.9 Å². The maximum atomic E-state index is 11.5. The van der Waals surface area contributed by atoms with Crippen LogP contribution in [0.2, 0.25) is 0 Å². The van der Waals surface area contributed by atoms with E-state index in [-0.39, 0.29) is 11.6 Å². The fourth-order valence-corrected chi connectivity index (χ4v) is 1.72. The largest absolute Gasteiger partial charge is 0.326 e. The van der Waals surface area contributed by atoms with Crippen LogP contribution in [0.25, 0.3) is 0 Å². The molecule has 0 saturated carbocycles. The van der Waals surface area contributed by atoms with Crippen LogP contribution in [0, 0.1) is 10.1 Å². The Morgan fingerprint density at radius 3 is 2.83 bits per heavy atom.